The minimum atomic E-state index is -4.28. The molecule has 4 rings (SSSR count). The van der Waals surface area contributed by atoms with Gasteiger partial charge in [0, 0.05) is 19.0 Å². The second-order valence-corrected chi connectivity index (χ2v) is 17.6. The van der Waals surface area contributed by atoms with Crippen molar-refractivity contribution in [1.82, 2.24) is 40.8 Å². The number of amides is 4. The van der Waals surface area contributed by atoms with Crippen LogP contribution in [0.2, 0.25) is 0 Å². The van der Waals surface area contributed by atoms with Gasteiger partial charge in [-0.25, -0.2) is 18.5 Å². The lowest BCUT2D eigenvalue weighted by Gasteiger charge is -2.42. The van der Waals surface area contributed by atoms with Crippen LogP contribution in [0.1, 0.15) is 106 Å². The summed E-state index contributed by atoms with van der Waals surface area (Å²) in [7, 11) is -4.28. The molecule has 2 heterocycles. The summed E-state index contributed by atoms with van der Waals surface area (Å²) in [6.45, 7) is 13.2. The first-order valence-corrected chi connectivity index (χ1v) is 19.6. The molecular weight excluding hydrogens is 677 g/mol. The first-order chi connectivity index (χ1) is 23.9. The largest absolute Gasteiger partial charge is 0.350 e. The third-order valence-corrected chi connectivity index (χ3v) is 11.5. The van der Waals surface area contributed by atoms with E-state index < -0.39 is 79.6 Å². The maximum atomic E-state index is 14.6. The highest BCUT2D eigenvalue weighted by molar-refractivity contribution is 7.89. The number of ketones is 1. The molecule has 2 saturated carbocycles. The summed E-state index contributed by atoms with van der Waals surface area (Å²) >= 11 is 0. The molecule has 1 aliphatic heterocycles. The fraction of sp³-hybridized carbons (Fsp3) is 0.743. The third kappa shape index (κ3) is 10.0. The van der Waals surface area contributed by atoms with Crippen molar-refractivity contribution in [3.05, 3.63) is 18.0 Å². The van der Waals surface area contributed by atoms with Crippen molar-refractivity contribution in [3.8, 4) is 0 Å². The van der Waals surface area contributed by atoms with E-state index in [2.05, 4.69) is 35.9 Å². The minimum Gasteiger partial charge on any atom is -0.350 e. The number of hydrogen-bond donors (Lipinski definition) is 5. The van der Waals surface area contributed by atoms with Crippen molar-refractivity contribution in [2.75, 3.05) is 13.1 Å². The number of allylic oxidation sites excluding steroid dienone is 1. The Morgan fingerprint density at radius 1 is 1.06 bits per heavy atom. The van der Waals surface area contributed by atoms with Crippen molar-refractivity contribution in [3.63, 3.8) is 0 Å². The highest BCUT2D eigenvalue weighted by Gasteiger charge is 2.49. The molecule has 3 fully saturated rings. The number of carbonyl (C=O) groups excluding carboxylic acids is 5. The number of nitrogens with one attached hydrogen (secondary N) is 5. The lowest BCUT2D eigenvalue weighted by atomic mass is 9.70. The third-order valence-electron chi connectivity index (χ3n) is 10.3. The summed E-state index contributed by atoms with van der Waals surface area (Å²) in [6.07, 6.45) is 9.38. The van der Waals surface area contributed by atoms with Gasteiger partial charge in [-0.2, -0.15) is 9.82 Å². The molecule has 1 unspecified atom stereocenters. The van der Waals surface area contributed by atoms with Crippen LogP contribution in [0, 0.1) is 22.7 Å². The number of nitrogens with zero attached hydrogens (tertiary/aromatic N) is 3. The van der Waals surface area contributed by atoms with Crippen LogP contribution in [0.4, 0.5) is 0 Å². The van der Waals surface area contributed by atoms with Gasteiger partial charge in [-0.05, 0) is 63.2 Å². The zero-order valence-electron chi connectivity index (χ0n) is 31.0. The van der Waals surface area contributed by atoms with E-state index in [0.717, 1.165) is 44.0 Å². The van der Waals surface area contributed by atoms with E-state index in [1.807, 2.05) is 26.8 Å². The van der Waals surface area contributed by atoms with Gasteiger partial charge in [-0.3, -0.25) is 24.0 Å². The SMILES string of the molecule is CCNC(=O)C(=O)C(CC1CC1)NC(=O)[C@@H]1[C@@H](C=C(C)C)CCN1C(=O)[C@@H](NC(=O)[C@@H](NS(=O)(=O)c1ncn[nH]1)C1(C)CCCCC1)C(C)(C)C. The summed E-state index contributed by atoms with van der Waals surface area (Å²) in [5.74, 6) is -3.34. The molecule has 2 aliphatic carbocycles. The first kappa shape index (κ1) is 40.1. The van der Waals surface area contributed by atoms with Crippen molar-refractivity contribution in [2.45, 2.75) is 136 Å². The average molecular weight is 733 g/mol. The summed E-state index contributed by atoms with van der Waals surface area (Å²) in [5, 5.41) is 13.8. The Morgan fingerprint density at radius 2 is 1.73 bits per heavy atom. The summed E-state index contributed by atoms with van der Waals surface area (Å²) < 4.78 is 29.3. The number of H-pyrrole nitrogens is 1. The fourth-order valence-corrected chi connectivity index (χ4v) is 8.49. The number of rotatable bonds is 15. The van der Waals surface area contributed by atoms with Crippen molar-refractivity contribution in [2.24, 2.45) is 22.7 Å². The molecule has 284 valence electrons. The highest BCUT2D eigenvalue weighted by Crippen LogP contribution is 2.40. The predicted molar refractivity (Wildman–Crippen MR) is 189 cm³/mol. The zero-order valence-corrected chi connectivity index (χ0v) is 31.8. The molecule has 0 spiro atoms. The summed E-state index contributed by atoms with van der Waals surface area (Å²) in [6, 6.07) is -4.41. The lowest BCUT2D eigenvalue weighted by molar-refractivity contribution is -0.146. The number of sulfonamides is 1. The van der Waals surface area contributed by atoms with Gasteiger partial charge in [0.1, 0.15) is 24.5 Å². The number of Topliss-reactive ketones (excluding diaryl/α,β-unsaturated/α-hetero) is 1. The number of likely N-dealkylation sites (tertiary alicyclic amines) is 1. The van der Waals surface area contributed by atoms with Gasteiger partial charge in [-0.1, -0.05) is 71.4 Å². The normalized spacial score (nSPS) is 22.3. The van der Waals surface area contributed by atoms with Gasteiger partial charge in [-0.15, -0.1) is 0 Å². The molecule has 0 aromatic carbocycles. The minimum absolute atomic E-state index is 0.213. The Labute approximate surface area is 301 Å². The van der Waals surface area contributed by atoms with Crippen LogP contribution in [-0.2, 0) is 34.0 Å². The quantitative estimate of drug-likeness (QED) is 0.132. The van der Waals surface area contributed by atoms with Crippen molar-refractivity contribution >= 4 is 39.4 Å². The molecule has 4 amide bonds. The number of aromatic amines is 1. The van der Waals surface area contributed by atoms with Crippen LogP contribution in [0.25, 0.3) is 0 Å². The van der Waals surface area contributed by atoms with Crippen LogP contribution in [0.15, 0.2) is 23.1 Å². The molecule has 16 heteroatoms. The first-order valence-electron chi connectivity index (χ1n) is 18.1. The Morgan fingerprint density at radius 3 is 2.27 bits per heavy atom. The number of likely N-dealkylation sites (N-methyl/N-ethyl adjacent to an activating group) is 1. The fourth-order valence-electron chi connectivity index (χ4n) is 7.32. The van der Waals surface area contributed by atoms with E-state index >= 15 is 0 Å². The van der Waals surface area contributed by atoms with E-state index in [1.54, 1.807) is 27.7 Å². The van der Waals surface area contributed by atoms with Crippen LogP contribution in [0.3, 0.4) is 0 Å². The Kier molecular flexibility index (Phi) is 12.9. The monoisotopic (exact) mass is 732 g/mol. The van der Waals surface area contributed by atoms with E-state index in [-0.39, 0.29) is 24.9 Å². The molecule has 1 aromatic rings. The average Bonchev–Trinajstić information content (AvgIpc) is 3.49. The Balaban J connectivity index is 1.64. The van der Waals surface area contributed by atoms with Gasteiger partial charge in [0.15, 0.2) is 0 Å². The topological polar surface area (TPSA) is 212 Å². The summed E-state index contributed by atoms with van der Waals surface area (Å²) in [5.41, 5.74) is -0.658. The van der Waals surface area contributed by atoms with Gasteiger partial charge < -0.3 is 20.9 Å². The van der Waals surface area contributed by atoms with Gasteiger partial charge in [0.05, 0.1) is 6.04 Å². The highest BCUT2D eigenvalue weighted by atomic mass is 32.2. The van der Waals surface area contributed by atoms with Crippen LogP contribution in [-0.4, -0.2) is 95.2 Å². The number of carbonyl (C=O) groups is 5. The second-order valence-electron chi connectivity index (χ2n) is 16.0. The smallest absolute Gasteiger partial charge is 0.289 e. The molecule has 51 heavy (non-hydrogen) atoms. The van der Waals surface area contributed by atoms with Gasteiger partial charge >= 0.3 is 0 Å². The Hall–Kier alpha value is -3.66. The van der Waals surface area contributed by atoms with Crippen LogP contribution in [0.5, 0.6) is 0 Å². The summed E-state index contributed by atoms with van der Waals surface area (Å²) in [4.78, 5) is 74.1. The second kappa shape index (κ2) is 16.3. The van der Waals surface area contributed by atoms with E-state index in [1.165, 1.54) is 4.90 Å². The zero-order chi connectivity index (χ0) is 37.7. The van der Waals surface area contributed by atoms with Gasteiger partial charge in [0.25, 0.3) is 21.1 Å². The van der Waals surface area contributed by atoms with Crippen molar-refractivity contribution < 1.29 is 32.4 Å². The molecule has 15 nitrogen and oxygen atoms in total. The molecule has 0 radical (unpaired) electrons. The molecule has 0 bridgehead atoms. The number of hydrogen-bond acceptors (Lipinski definition) is 9. The number of aromatic nitrogens is 3. The molecule has 5 N–H and O–H groups in total. The van der Waals surface area contributed by atoms with Crippen LogP contribution >= 0.6 is 0 Å². The maximum Gasteiger partial charge on any atom is 0.289 e. The standard InChI is InChI=1S/C35H56N8O7S/c1-8-36-30(46)26(44)24(19-22-12-13-22)39-29(45)25-23(18-21(2)3)14-17-43(25)32(48)28(34(4,5)6)40-31(47)27(35(7)15-10-9-11-16-35)42-51(49,50)33-37-20-38-41-33/h18,20,22-25,27-28,42H,8-17,19H2,1-7H3,(H,36,46)(H,39,45)(H,40,47)(H,37,38,41)/t23-,24?,25+,27-,28-/m1/s1. The van der Waals surface area contributed by atoms with Crippen LogP contribution < -0.4 is 20.7 Å². The predicted octanol–water partition coefficient (Wildman–Crippen LogP) is 2.13. The molecule has 1 saturated heterocycles. The van der Waals surface area contributed by atoms with E-state index in [0.29, 0.717) is 25.7 Å². The molecule has 3 aliphatic rings. The molecule has 5 atom stereocenters. The maximum absolute atomic E-state index is 14.6. The van der Waals surface area contributed by atoms with Crippen molar-refractivity contribution in [1.29, 1.82) is 0 Å². The lowest BCUT2D eigenvalue weighted by Crippen LogP contribution is -2.63. The molecule has 1 aromatic heterocycles. The van der Waals surface area contributed by atoms with E-state index in [4.69, 9.17) is 0 Å². The van der Waals surface area contributed by atoms with E-state index in [9.17, 15) is 32.4 Å². The Bertz CT molecular complexity index is 1570. The van der Waals surface area contributed by atoms with Gasteiger partial charge in [0.2, 0.25) is 23.5 Å². The molecular formula is C35H56N8O7S.